The van der Waals surface area contributed by atoms with E-state index < -0.39 is 54.3 Å². The first-order chi connectivity index (χ1) is 17.1. The van der Waals surface area contributed by atoms with Gasteiger partial charge in [-0.1, -0.05) is 24.3 Å². The molecule has 0 radical (unpaired) electrons. The van der Waals surface area contributed by atoms with Crippen LogP contribution in [0.5, 0.6) is 0 Å². The molecule has 3 rings (SSSR count). The van der Waals surface area contributed by atoms with Gasteiger partial charge in [-0.2, -0.15) is 0 Å². The Bertz CT molecular complexity index is 1200. The minimum absolute atomic E-state index is 0.0443. The third kappa shape index (κ3) is 5.92. The van der Waals surface area contributed by atoms with Gasteiger partial charge in [-0.3, -0.25) is 24.2 Å². The van der Waals surface area contributed by atoms with E-state index in [1.807, 2.05) is 12.1 Å². The number of nitrogens with zero attached hydrogens (tertiary/aromatic N) is 3. The van der Waals surface area contributed by atoms with Crippen LogP contribution in [0.2, 0.25) is 0 Å². The van der Waals surface area contributed by atoms with Crippen molar-refractivity contribution in [3.8, 4) is 0 Å². The molecule has 5 amide bonds. The maximum absolute atomic E-state index is 13.3. The van der Waals surface area contributed by atoms with E-state index in [2.05, 4.69) is 15.6 Å². The number of carbonyl (C=O) groups excluding carboxylic acids is 5. The Morgan fingerprint density at radius 2 is 1.89 bits per heavy atom. The number of nitrogens with one attached hydrogen (secondary N) is 2. The summed E-state index contributed by atoms with van der Waals surface area (Å²) in [6, 6.07) is 4.41. The Kier molecular flexibility index (Phi) is 8.14. The zero-order valence-electron chi connectivity index (χ0n) is 19.4. The average Bonchev–Trinajstić information content (AvgIpc) is 2.86. The molecule has 1 saturated heterocycles. The monoisotopic (exact) mass is 498 g/mol. The summed E-state index contributed by atoms with van der Waals surface area (Å²) in [5.74, 6) is -3.34. The molecule has 2 heterocycles. The summed E-state index contributed by atoms with van der Waals surface area (Å²) in [7, 11) is 0. The molecule has 1 fully saturated rings. The van der Waals surface area contributed by atoms with E-state index in [9.17, 15) is 28.8 Å². The molecule has 0 aliphatic carbocycles. The fourth-order valence-corrected chi connectivity index (χ4v) is 3.95. The van der Waals surface area contributed by atoms with Crippen molar-refractivity contribution in [2.45, 2.75) is 31.5 Å². The molecule has 5 N–H and O–H groups in total. The zero-order valence-corrected chi connectivity index (χ0v) is 19.4. The topological polar surface area (TPSA) is 192 Å². The number of pyridine rings is 1. The van der Waals surface area contributed by atoms with Crippen molar-refractivity contribution in [2.75, 3.05) is 19.6 Å². The highest BCUT2D eigenvalue weighted by Crippen LogP contribution is 2.17. The molecule has 190 valence electrons. The number of piperazine rings is 1. The Morgan fingerprint density at radius 1 is 1.17 bits per heavy atom. The van der Waals surface area contributed by atoms with Gasteiger partial charge in [0.25, 0.3) is 5.91 Å². The number of rotatable bonds is 8. The number of aldehydes is 1. The number of carboxylic acid groups (broad SMARTS) is 1. The number of urea groups is 1. The number of carbonyl (C=O) groups is 6. The van der Waals surface area contributed by atoms with Gasteiger partial charge in [-0.25, -0.2) is 4.79 Å². The van der Waals surface area contributed by atoms with Crippen LogP contribution in [0.25, 0.3) is 10.8 Å². The molecule has 1 aliphatic heterocycles. The molecule has 0 bridgehead atoms. The van der Waals surface area contributed by atoms with Crippen LogP contribution in [0, 0.1) is 0 Å². The quantitative estimate of drug-likeness (QED) is 0.336. The number of aromatic nitrogens is 1. The van der Waals surface area contributed by atoms with Crippen LogP contribution in [0.1, 0.15) is 23.8 Å². The SMILES string of the molecule is CC(NC(=O)c1nccc2ccccc12)C(=O)N1CCN(C(N)=O)CC1C(=O)NC(C=O)CC(=O)O. The Labute approximate surface area is 205 Å². The molecule has 3 atom stereocenters. The summed E-state index contributed by atoms with van der Waals surface area (Å²) in [6.45, 7) is 1.15. The molecule has 13 heteroatoms. The highest BCUT2D eigenvalue weighted by Gasteiger charge is 2.39. The molecular weight excluding hydrogens is 472 g/mol. The van der Waals surface area contributed by atoms with Gasteiger partial charge < -0.3 is 36.1 Å². The van der Waals surface area contributed by atoms with Gasteiger partial charge in [0.05, 0.1) is 19.0 Å². The molecule has 13 nitrogen and oxygen atoms in total. The van der Waals surface area contributed by atoms with Crippen LogP contribution in [0.3, 0.4) is 0 Å². The predicted molar refractivity (Wildman–Crippen MR) is 126 cm³/mol. The second-order valence-corrected chi connectivity index (χ2v) is 8.26. The average molecular weight is 498 g/mol. The molecule has 0 saturated carbocycles. The van der Waals surface area contributed by atoms with Gasteiger partial charge in [0.1, 0.15) is 24.1 Å². The predicted octanol–water partition coefficient (Wildman–Crippen LogP) is -0.897. The molecule has 1 aliphatic rings. The Balaban J connectivity index is 1.78. The fourth-order valence-electron chi connectivity index (χ4n) is 3.95. The maximum atomic E-state index is 13.3. The van der Waals surface area contributed by atoms with E-state index >= 15 is 0 Å². The first-order valence-corrected chi connectivity index (χ1v) is 11.1. The second-order valence-electron chi connectivity index (χ2n) is 8.26. The minimum Gasteiger partial charge on any atom is -0.481 e. The third-order valence-electron chi connectivity index (χ3n) is 5.77. The second kappa shape index (κ2) is 11.3. The third-order valence-corrected chi connectivity index (χ3v) is 5.77. The number of aliphatic carboxylic acids is 1. The molecule has 2 aromatic rings. The number of hydrogen-bond donors (Lipinski definition) is 4. The number of benzene rings is 1. The minimum atomic E-state index is -1.33. The Hall–Kier alpha value is -4.55. The molecule has 1 aromatic heterocycles. The van der Waals surface area contributed by atoms with E-state index in [1.54, 1.807) is 18.2 Å². The number of carboxylic acids is 1. The van der Waals surface area contributed by atoms with Gasteiger partial charge in [-0.15, -0.1) is 0 Å². The van der Waals surface area contributed by atoms with E-state index in [-0.39, 0.29) is 31.6 Å². The van der Waals surface area contributed by atoms with Gasteiger partial charge in [0, 0.05) is 24.7 Å². The smallest absolute Gasteiger partial charge is 0.314 e. The van der Waals surface area contributed by atoms with Crippen LogP contribution in [0.4, 0.5) is 4.79 Å². The molecule has 3 unspecified atom stereocenters. The van der Waals surface area contributed by atoms with E-state index in [1.165, 1.54) is 18.0 Å². The summed E-state index contributed by atoms with van der Waals surface area (Å²) in [5, 5.41) is 15.2. The van der Waals surface area contributed by atoms with Crippen molar-refractivity contribution in [1.29, 1.82) is 0 Å². The van der Waals surface area contributed by atoms with Gasteiger partial charge in [0.2, 0.25) is 11.8 Å². The van der Waals surface area contributed by atoms with Crippen molar-refractivity contribution < 1.29 is 33.9 Å². The summed E-state index contributed by atoms with van der Waals surface area (Å²) in [6.07, 6.45) is 1.10. The van der Waals surface area contributed by atoms with Crippen molar-refractivity contribution in [3.05, 3.63) is 42.2 Å². The van der Waals surface area contributed by atoms with Crippen LogP contribution in [-0.2, 0) is 19.2 Å². The normalized spacial score (nSPS) is 17.1. The van der Waals surface area contributed by atoms with Crippen LogP contribution in [-0.4, -0.2) is 93.7 Å². The fraction of sp³-hybridized carbons (Fsp3) is 0.348. The largest absolute Gasteiger partial charge is 0.481 e. The highest BCUT2D eigenvalue weighted by atomic mass is 16.4. The standard InChI is InChI=1S/C23H26N6O7/c1-13(26-21(34)19-16-5-3-2-4-14(16)6-7-25-19)22(35)29-9-8-28(23(24)36)11-17(29)20(33)27-15(12-30)10-18(31)32/h2-7,12-13,15,17H,8-11H2,1H3,(H2,24,36)(H,26,34)(H,27,33)(H,31,32). The van der Waals surface area contributed by atoms with Crippen molar-refractivity contribution in [3.63, 3.8) is 0 Å². The molecule has 1 aromatic carbocycles. The lowest BCUT2D eigenvalue weighted by Gasteiger charge is -2.41. The van der Waals surface area contributed by atoms with Crippen molar-refractivity contribution in [1.82, 2.24) is 25.4 Å². The number of hydrogen-bond acceptors (Lipinski definition) is 7. The lowest BCUT2D eigenvalue weighted by molar-refractivity contribution is -0.145. The number of nitrogens with two attached hydrogens (primary N) is 1. The summed E-state index contributed by atoms with van der Waals surface area (Å²) in [4.78, 5) is 79.4. The van der Waals surface area contributed by atoms with Crippen LogP contribution in [0.15, 0.2) is 36.5 Å². The lowest BCUT2D eigenvalue weighted by Crippen LogP contribution is -2.65. The van der Waals surface area contributed by atoms with E-state index in [0.717, 1.165) is 10.3 Å². The molecule has 36 heavy (non-hydrogen) atoms. The summed E-state index contributed by atoms with van der Waals surface area (Å²) < 4.78 is 0. The van der Waals surface area contributed by atoms with Gasteiger partial charge in [0.15, 0.2) is 0 Å². The summed E-state index contributed by atoms with van der Waals surface area (Å²) >= 11 is 0. The van der Waals surface area contributed by atoms with Crippen molar-refractivity contribution in [2.24, 2.45) is 5.73 Å². The molecular formula is C23H26N6O7. The zero-order chi connectivity index (χ0) is 26.4. The van der Waals surface area contributed by atoms with Gasteiger partial charge >= 0.3 is 12.0 Å². The first kappa shape index (κ1) is 26.1. The number of primary amides is 1. The van der Waals surface area contributed by atoms with E-state index in [0.29, 0.717) is 5.39 Å². The van der Waals surface area contributed by atoms with Crippen molar-refractivity contribution >= 4 is 46.8 Å². The molecule has 0 spiro atoms. The Morgan fingerprint density at radius 3 is 2.56 bits per heavy atom. The highest BCUT2D eigenvalue weighted by molar-refractivity contribution is 6.06. The first-order valence-electron chi connectivity index (χ1n) is 11.1. The number of amides is 5. The lowest BCUT2D eigenvalue weighted by atomic mass is 10.1. The maximum Gasteiger partial charge on any atom is 0.314 e. The van der Waals surface area contributed by atoms with Gasteiger partial charge in [-0.05, 0) is 18.4 Å². The van der Waals surface area contributed by atoms with Crippen LogP contribution < -0.4 is 16.4 Å². The summed E-state index contributed by atoms with van der Waals surface area (Å²) in [5.41, 5.74) is 5.46. The van der Waals surface area contributed by atoms with Crippen LogP contribution >= 0.6 is 0 Å². The number of fused-ring (bicyclic) bond motifs is 1. The van der Waals surface area contributed by atoms with E-state index in [4.69, 9.17) is 10.8 Å².